The Kier molecular flexibility index (Phi) is 5.18. The third-order valence-corrected chi connectivity index (χ3v) is 6.94. The topological polar surface area (TPSA) is 119 Å². The Morgan fingerprint density at radius 3 is 2.29 bits per heavy atom. The first-order valence-corrected chi connectivity index (χ1v) is 11.7. The fourth-order valence-electron chi connectivity index (χ4n) is 4.76. The van der Waals surface area contributed by atoms with Gasteiger partial charge in [0.1, 0.15) is 0 Å². The van der Waals surface area contributed by atoms with E-state index in [-0.39, 0.29) is 11.4 Å². The van der Waals surface area contributed by atoms with Crippen LogP contribution in [0.15, 0.2) is 59.5 Å². The maximum atomic E-state index is 5.71. The van der Waals surface area contributed by atoms with Gasteiger partial charge in [-0.25, -0.2) is 9.97 Å². The number of nitrogen functional groups attached to an aromatic ring is 1. The van der Waals surface area contributed by atoms with E-state index >= 15 is 0 Å². The van der Waals surface area contributed by atoms with Gasteiger partial charge in [0.05, 0.1) is 11.1 Å². The average molecular weight is 455 g/mol. The van der Waals surface area contributed by atoms with E-state index in [2.05, 4.69) is 60.7 Å². The van der Waals surface area contributed by atoms with Gasteiger partial charge in [0, 0.05) is 61.6 Å². The summed E-state index contributed by atoms with van der Waals surface area (Å²) in [6, 6.07) is 12.5. The van der Waals surface area contributed by atoms with Crippen LogP contribution in [0.25, 0.3) is 22.7 Å². The summed E-state index contributed by atoms with van der Waals surface area (Å²) in [6.45, 7) is 4.07. The third kappa shape index (κ3) is 3.67. The van der Waals surface area contributed by atoms with Gasteiger partial charge in [-0.05, 0) is 48.7 Å². The molecule has 9 heteroatoms. The molecule has 34 heavy (non-hydrogen) atoms. The molecule has 1 aliphatic carbocycles. The second-order valence-corrected chi connectivity index (χ2v) is 8.90. The number of benzene rings is 1. The SMILES string of the molecule is Nc1ncc(-c2ccc(C3(c4noc(-c5ccc(N6CCNCC6)cc5)n4)CCC3)cn2)cn1. The zero-order valence-corrected chi connectivity index (χ0v) is 18.8. The normalized spacial score (nSPS) is 17.4. The summed E-state index contributed by atoms with van der Waals surface area (Å²) < 4.78 is 5.71. The van der Waals surface area contributed by atoms with Crippen molar-refractivity contribution in [2.24, 2.45) is 0 Å². The Morgan fingerprint density at radius 1 is 0.882 bits per heavy atom. The number of piperazine rings is 1. The number of nitrogens with two attached hydrogens (primary N) is 1. The molecule has 2 aliphatic rings. The van der Waals surface area contributed by atoms with Crippen LogP contribution >= 0.6 is 0 Å². The molecule has 172 valence electrons. The molecular weight excluding hydrogens is 428 g/mol. The monoisotopic (exact) mass is 454 g/mol. The van der Waals surface area contributed by atoms with E-state index in [0.29, 0.717) is 5.89 Å². The summed E-state index contributed by atoms with van der Waals surface area (Å²) in [7, 11) is 0. The first-order valence-electron chi connectivity index (χ1n) is 11.7. The van der Waals surface area contributed by atoms with Crippen LogP contribution in [0.3, 0.4) is 0 Å². The molecule has 0 atom stereocenters. The van der Waals surface area contributed by atoms with Crippen molar-refractivity contribution in [3.63, 3.8) is 0 Å². The van der Waals surface area contributed by atoms with Crippen molar-refractivity contribution in [3.8, 4) is 22.7 Å². The van der Waals surface area contributed by atoms with E-state index in [4.69, 9.17) is 15.2 Å². The first-order chi connectivity index (χ1) is 16.7. The van der Waals surface area contributed by atoms with Gasteiger partial charge < -0.3 is 20.5 Å². The fraction of sp³-hybridized carbons (Fsp3) is 0.320. The Balaban J connectivity index is 1.24. The molecule has 4 aromatic rings. The number of hydrogen-bond donors (Lipinski definition) is 2. The molecular formula is C25H26N8O. The molecule has 2 fully saturated rings. The smallest absolute Gasteiger partial charge is 0.257 e. The molecule has 0 amide bonds. The van der Waals surface area contributed by atoms with Crippen LogP contribution in [0.2, 0.25) is 0 Å². The highest BCUT2D eigenvalue weighted by Crippen LogP contribution is 2.48. The van der Waals surface area contributed by atoms with Crippen LogP contribution < -0.4 is 16.0 Å². The first kappa shape index (κ1) is 20.7. The number of hydrogen-bond acceptors (Lipinski definition) is 9. The summed E-state index contributed by atoms with van der Waals surface area (Å²) >= 11 is 0. The van der Waals surface area contributed by atoms with Gasteiger partial charge in [-0.2, -0.15) is 4.98 Å². The lowest BCUT2D eigenvalue weighted by atomic mass is 9.64. The lowest BCUT2D eigenvalue weighted by Crippen LogP contribution is -2.43. The van der Waals surface area contributed by atoms with E-state index in [1.165, 1.54) is 5.69 Å². The van der Waals surface area contributed by atoms with Crippen LogP contribution in [-0.4, -0.2) is 51.3 Å². The Morgan fingerprint density at radius 2 is 1.65 bits per heavy atom. The fourth-order valence-corrected chi connectivity index (χ4v) is 4.76. The van der Waals surface area contributed by atoms with Crippen molar-refractivity contribution < 1.29 is 4.52 Å². The molecule has 3 N–H and O–H groups in total. The van der Waals surface area contributed by atoms with Crippen molar-refractivity contribution >= 4 is 11.6 Å². The molecule has 0 spiro atoms. The van der Waals surface area contributed by atoms with Gasteiger partial charge in [0.15, 0.2) is 5.82 Å². The Hall–Kier alpha value is -3.85. The third-order valence-electron chi connectivity index (χ3n) is 6.94. The van der Waals surface area contributed by atoms with Gasteiger partial charge in [-0.1, -0.05) is 17.6 Å². The number of nitrogens with one attached hydrogen (secondary N) is 1. The van der Waals surface area contributed by atoms with Crippen molar-refractivity contribution in [1.82, 2.24) is 30.4 Å². The summed E-state index contributed by atoms with van der Waals surface area (Å²) in [4.78, 5) is 20.0. The number of anilines is 2. The second kappa shape index (κ2) is 8.49. The highest BCUT2D eigenvalue weighted by molar-refractivity contribution is 5.60. The predicted molar refractivity (Wildman–Crippen MR) is 129 cm³/mol. The molecule has 1 saturated heterocycles. The highest BCUT2D eigenvalue weighted by atomic mass is 16.5. The minimum atomic E-state index is -0.258. The predicted octanol–water partition coefficient (Wildman–Crippen LogP) is 3.05. The standard InChI is InChI=1S/C25H26N8O/c26-24-29-14-18(15-30-24)21-7-4-19(16-28-21)25(8-1-9-25)23-31-22(34-32-23)17-2-5-20(6-3-17)33-12-10-27-11-13-33/h2-7,14-16,27H,1,8-13H2,(H2,26,29,30). The Labute approximate surface area is 197 Å². The summed E-state index contributed by atoms with van der Waals surface area (Å²) in [5, 5.41) is 7.79. The zero-order valence-electron chi connectivity index (χ0n) is 18.8. The van der Waals surface area contributed by atoms with E-state index in [9.17, 15) is 0 Å². The molecule has 0 bridgehead atoms. The summed E-state index contributed by atoms with van der Waals surface area (Å²) in [6.07, 6.45) is 8.34. The molecule has 1 aliphatic heterocycles. The van der Waals surface area contributed by atoms with Gasteiger partial charge in [0.25, 0.3) is 5.89 Å². The van der Waals surface area contributed by atoms with Crippen molar-refractivity contribution in [1.29, 1.82) is 0 Å². The second-order valence-electron chi connectivity index (χ2n) is 8.90. The van der Waals surface area contributed by atoms with Crippen LogP contribution in [0, 0.1) is 0 Å². The minimum Gasteiger partial charge on any atom is -0.369 e. The largest absolute Gasteiger partial charge is 0.369 e. The molecule has 1 aromatic carbocycles. The lowest BCUT2D eigenvalue weighted by molar-refractivity contribution is 0.272. The molecule has 9 nitrogen and oxygen atoms in total. The minimum absolute atomic E-state index is 0.250. The number of pyridine rings is 1. The number of nitrogens with zero attached hydrogens (tertiary/aromatic N) is 6. The molecule has 1 saturated carbocycles. The van der Waals surface area contributed by atoms with E-state index < -0.39 is 0 Å². The maximum Gasteiger partial charge on any atom is 0.257 e. The van der Waals surface area contributed by atoms with E-state index in [1.807, 2.05) is 12.3 Å². The van der Waals surface area contributed by atoms with Gasteiger partial charge in [0.2, 0.25) is 5.95 Å². The van der Waals surface area contributed by atoms with E-state index in [1.54, 1.807) is 12.4 Å². The summed E-state index contributed by atoms with van der Waals surface area (Å²) in [5.74, 6) is 1.53. The van der Waals surface area contributed by atoms with Gasteiger partial charge >= 0.3 is 0 Å². The molecule has 3 aromatic heterocycles. The zero-order chi connectivity index (χ0) is 23.0. The molecule has 6 rings (SSSR count). The highest BCUT2D eigenvalue weighted by Gasteiger charge is 2.44. The molecule has 0 radical (unpaired) electrons. The lowest BCUT2D eigenvalue weighted by Gasteiger charge is -2.39. The van der Waals surface area contributed by atoms with Gasteiger partial charge in [-0.15, -0.1) is 0 Å². The van der Waals surface area contributed by atoms with Crippen LogP contribution in [0.5, 0.6) is 0 Å². The van der Waals surface area contributed by atoms with Crippen LogP contribution in [-0.2, 0) is 5.41 Å². The van der Waals surface area contributed by atoms with Crippen molar-refractivity contribution in [3.05, 3.63) is 66.4 Å². The number of rotatable bonds is 5. The van der Waals surface area contributed by atoms with E-state index in [0.717, 1.165) is 73.7 Å². The van der Waals surface area contributed by atoms with Crippen LogP contribution in [0.4, 0.5) is 11.6 Å². The number of aromatic nitrogens is 5. The van der Waals surface area contributed by atoms with Crippen LogP contribution in [0.1, 0.15) is 30.7 Å². The quantitative estimate of drug-likeness (QED) is 0.469. The Bertz CT molecular complexity index is 1260. The van der Waals surface area contributed by atoms with Crippen molar-refractivity contribution in [2.75, 3.05) is 36.8 Å². The van der Waals surface area contributed by atoms with Gasteiger partial charge in [-0.3, -0.25) is 4.98 Å². The maximum absolute atomic E-state index is 5.71. The van der Waals surface area contributed by atoms with Crippen molar-refractivity contribution in [2.45, 2.75) is 24.7 Å². The molecule has 0 unspecified atom stereocenters. The average Bonchev–Trinajstić information content (AvgIpc) is 3.35. The summed E-state index contributed by atoms with van der Waals surface area (Å²) in [5.41, 5.74) is 10.2. The molecule has 4 heterocycles.